The minimum atomic E-state index is 0.794. The van der Waals surface area contributed by atoms with Crippen LogP contribution in [0.3, 0.4) is 0 Å². The average molecular weight is 299 g/mol. The molecule has 2 rings (SSSR count). The fourth-order valence-corrected chi connectivity index (χ4v) is 2.66. The zero-order chi connectivity index (χ0) is 11.4. The van der Waals surface area contributed by atoms with Crippen molar-refractivity contribution < 1.29 is 0 Å². The Morgan fingerprint density at radius 3 is 3.00 bits per heavy atom. The molecule has 0 aliphatic rings. The molecule has 0 saturated heterocycles. The Labute approximate surface area is 106 Å². The highest BCUT2D eigenvalue weighted by molar-refractivity contribution is 9.10. The van der Waals surface area contributed by atoms with Gasteiger partial charge in [0.25, 0.3) is 0 Å². The van der Waals surface area contributed by atoms with Gasteiger partial charge < -0.3 is 5.32 Å². The van der Waals surface area contributed by atoms with Crippen LogP contribution >= 0.6 is 27.7 Å². The molecule has 2 N–H and O–H groups in total. The van der Waals surface area contributed by atoms with Gasteiger partial charge in [0.05, 0.1) is 0 Å². The molecule has 0 fully saturated rings. The summed E-state index contributed by atoms with van der Waals surface area (Å²) in [4.78, 5) is 5.20. The van der Waals surface area contributed by atoms with Crippen molar-refractivity contribution >= 4 is 27.7 Å². The van der Waals surface area contributed by atoms with Crippen molar-refractivity contribution in [3.8, 4) is 0 Å². The molecule has 0 aliphatic heterocycles. The van der Waals surface area contributed by atoms with Gasteiger partial charge in [0.1, 0.15) is 6.33 Å². The molecule has 2 aromatic rings. The Morgan fingerprint density at radius 2 is 2.38 bits per heavy atom. The lowest BCUT2D eigenvalue weighted by atomic mass is 10.2. The first-order valence-corrected chi connectivity index (χ1v) is 6.37. The zero-order valence-electron chi connectivity index (χ0n) is 8.70. The molecule has 0 aliphatic carbocycles. The van der Waals surface area contributed by atoms with Gasteiger partial charge in [-0.15, -0.1) is 0 Å². The van der Waals surface area contributed by atoms with E-state index < -0.39 is 0 Å². The van der Waals surface area contributed by atoms with E-state index in [2.05, 4.69) is 54.6 Å². The first-order valence-electron chi connectivity index (χ1n) is 4.76. The standard InChI is InChI=1S/C10H11BrN4S/c1-12-5-7-2-3-9(8(11)4-7)16-10-13-6-14-15-10/h2-4,6,12H,5H2,1H3,(H,13,14,15). The number of halogens is 1. The number of rotatable bonds is 4. The zero-order valence-corrected chi connectivity index (χ0v) is 11.1. The van der Waals surface area contributed by atoms with E-state index in [4.69, 9.17) is 0 Å². The second-order valence-corrected chi connectivity index (χ2v) is 5.07. The maximum Gasteiger partial charge on any atom is 0.188 e. The molecule has 1 heterocycles. The average Bonchev–Trinajstić information content (AvgIpc) is 2.75. The molecule has 0 spiro atoms. The van der Waals surface area contributed by atoms with Crippen LogP contribution in [0.25, 0.3) is 0 Å². The summed E-state index contributed by atoms with van der Waals surface area (Å²) in [6.45, 7) is 0.867. The van der Waals surface area contributed by atoms with Gasteiger partial charge in [-0.05, 0) is 52.4 Å². The van der Waals surface area contributed by atoms with Crippen molar-refractivity contribution in [2.24, 2.45) is 0 Å². The smallest absolute Gasteiger partial charge is 0.188 e. The van der Waals surface area contributed by atoms with Crippen molar-refractivity contribution in [1.82, 2.24) is 20.5 Å². The maximum atomic E-state index is 4.07. The Hall–Kier alpha value is -0.850. The van der Waals surface area contributed by atoms with E-state index in [1.54, 1.807) is 11.8 Å². The molecule has 16 heavy (non-hydrogen) atoms. The van der Waals surface area contributed by atoms with E-state index in [0.29, 0.717) is 0 Å². The molecule has 0 amide bonds. The number of aromatic nitrogens is 3. The monoisotopic (exact) mass is 298 g/mol. The van der Waals surface area contributed by atoms with E-state index in [0.717, 1.165) is 21.1 Å². The third-order valence-corrected chi connectivity index (χ3v) is 3.86. The van der Waals surface area contributed by atoms with Crippen LogP contribution in [0.2, 0.25) is 0 Å². The number of nitrogens with zero attached hydrogens (tertiary/aromatic N) is 2. The third-order valence-electron chi connectivity index (χ3n) is 1.98. The van der Waals surface area contributed by atoms with E-state index in [9.17, 15) is 0 Å². The highest BCUT2D eigenvalue weighted by atomic mass is 79.9. The van der Waals surface area contributed by atoms with Crippen molar-refractivity contribution in [3.05, 3.63) is 34.6 Å². The summed E-state index contributed by atoms with van der Waals surface area (Å²) in [6.07, 6.45) is 1.51. The summed E-state index contributed by atoms with van der Waals surface area (Å²) in [5, 5.41) is 10.5. The van der Waals surface area contributed by atoms with Gasteiger partial charge in [-0.1, -0.05) is 6.07 Å². The maximum absolute atomic E-state index is 4.07. The SMILES string of the molecule is CNCc1ccc(Sc2ncn[nH]2)c(Br)c1. The first-order chi connectivity index (χ1) is 7.79. The highest BCUT2D eigenvalue weighted by Gasteiger charge is 2.05. The Kier molecular flexibility index (Phi) is 3.98. The number of nitrogens with one attached hydrogen (secondary N) is 2. The molecule has 4 nitrogen and oxygen atoms in total. The summed E-state index contributed by atoms with van der Waals surface area (Å²) in [5.74, 6) is 0. The Morgan fingerprint density at radius 1 is 1.50 bits per heavy atom. The summed E-state index contributed by atoms with van der Waals surface area (Å²) >= 11 is 5.10. The topological polar surface area (TPSA) is 53.6 Å². The van der Waals surface area contributed by atoms with Crippen LogP contribution in [0.1, 0.15) is 5.56 Å². The molecule has 0 bridgehead atoms. The quantitative estimate of drug-likeness (QED) is 0.910. The normalized spacial score (nSPS) is 10.6. The van der Waals surface area contributed by atoms with Crippen molar-refractivity contribution in [2.45, 2.75) is 16.6 Å². The predicted molar refractivity (Wildman–Crippen MR) is 67.4 cm³/mol. The molecule has 1 aromatic carbocycles. The minimum Gasteiger partial charge on any atom is -0.316 e. The van der Waals surface area contributed by atoms with Gasteiger partial charge in [-0.25, -0.2) is 4.98 Å². The molecule has 0 unspecified atom stereocenters. The highest BCUT2D eigenvalue weighted by Crippen LogP contribution is 2.31. The van der Waals surface area contributed by atoms with Gasteiger partial charge >= 0.3 is 0 Å². The molecule has 84 valence electrons. The molecule has 1 aromatic heterocycles. The van der Waals surface area contributed by atoms with Crippen LogP contribution < -0.4 is 5.32 Å². The second-order valence-electron chi connectivity index (χ2n) is 3.19. The van der Waals surface area contributed by atoms with Crippen LogP contribution in [0.15, 0.2) is 39.1 Å². The number of benzene rings is 1. The molecular formula is C10H11BrN4S. The molecule has 0 atom stereocenters. The number of aromatic amines is 1. The van der Waals surface area contributed by atoms with Crippen molar-refractivity contribution in [2.75, 3.05) is 7.05 Å². The lowest BCUT2D eigenvalue weighted by Crippen LogP contribution is -2.04. The summed E-state index contributed by atoms with van der Waals surface area (Å²) in [7, 11) is 1.94. The van der Waals surface area contributed by atoms with Crippen LogP contribution in [0, 0.1) is 0 Å². The van der Waals surface area contributed by atoms with Crippen LogP contribution in [-0.4, -0.2) is 22.2 Å². The Balaban J connectivity index is 2.16. The summed E-state index contributed by atoms with van der Waals surface area (Å²) in [6, 6.07) is 6.28. The van der Waals surface area contributed by atoms with Crippen molar-refractivity contribution in [1.29, 1.82) is 0 Å². The lowest BCUT2D eigenvalue weighted by Gasteiger charge is -2.05. The molecular weight excluding hydrogens is 288 g/mol. The van der Waals surface area contributed by atoms with E-state index in [1.807, 2.05) is 7.05 Å². The number of hydrogen-bond donors (Lipinski definition) is 2. The first kappa shape index (κ1) is 11.6. The number of hydrogen-bond acceptors (Lipinski definition) is 4. The summed E-state index contributed by atoms with van der Waals surface area (Å²) in [5.41, 5.74) is 1.25. The summed E-state index contributed by atoms with van der Waals surface area (Å²) < 4.78 is 1.07. The van der Waals surface area contributed by atoms with Crippen LogP contribution in [-0.2, 0) is 6.54 Å². The largest absolute Gasteiger partial charge is 0.316 e. The van der Waals surface area contributed by atoms with Crippen LogP contribution in [0.5, 0.6) is 0 Å². The van der Waals surface area contributed by atoms with Crippen molar-refractivity contribution in [3.63, 3.8) is 0 Å². The second kappa shape index (κ2) is 5.47. The van der Waals surface area contributed by atoms with Gasteiger partial charge in [-0.2, -0.15) is 5.10 Å². The predicted octanol–water partition coefficient (Wildman–Crippen LogP) is 2.44. The molecule has 6 heteroatoms. The van der Waals surface area contributed by atoms with Gasteiger partial charge in [0.15, 0.2) is 5.16 Å². The van der Waals surface area contributed by atoms with E-state index in [1.165, 1.54) is 11.9 Å². The van der Waals surface area contributed by atoms with E-state index in [-0.39, 0.29) is 0 Å². The van der Waals surface area contributed by atoms with Crippen LogP contribution in [0.4, 0.5) is 0 Å². The third kappa shape index (κ3) is 2.84. The number of H-pyrrole nitrogens is 1. The fraction of sp³-hybridized carbons (Fsp3) is 0.200. The Bertz CT molecular complexity index is 458. The van der Waals surface area contributed by atoms with Gasteiger partial charge in [0.2, 0.25) is 0 Å². The lowest BCUT2D eigenvalue weighted by molar-refractivity contribution is 0.816. The molecule has 0 saturated carbocycles. The molecule has 0 radical (unpaired) electrons. The van der Waals surface area contributed by atoms with Gasteiger partial charge in [-0.3, -0.25) is 5.10 Å². The van der Waals surface area contributed by atoms with E-state index >= 15 is 0 Å². The minimum absolute atomic E-state index is 0.794. The van der Waals surface area contributed by atoms with Gasteiger partial charge in [0, 0.05) is 15.9 Å². The fourth-order valence-electron chi connectivity index (χ4n) is 1.29.